The van der Waals surface area contributed by atoms with E-state index in [1.807, 2.05) is 0 Å². The fourth-order valence-corrected chi connectivity index (χ4v) is 2.82. The van der Waals surface area contributed by atoms with E-state index in [1.54, 1.807) is 0 Å². The Morgan fingerprint density at radius 3 is 2.55 bits per heavy atom. The molecule has 2 heterocycles. The summed E-state index contributed by atoms with van der Waals surface area (Å²) in [5.74, 6) is -3.50. The Balaban J connectivity index is 2.10. The molecule has 2 aliphatic rings. The van der Waals surface area contributed by atoms with E-state index >= 15 is 0 Å². The van der Waals surface area contributed by atoms with Crippen LogP contribution in [-0.2, 0) is 9.59 Å². The molecule has 1 aromatic carbocycles. The van der Waals surface area contributed by atoms with Crippen molar-refractivity contribution in [2.75, 3.05) is 5.73 Å². The summed E-state index contributed by atoms with van der Waals surface area (Å²) in [5, 5.41) is 2.11. The molecule has 1 unspecified atom stereocenters. The van der Waals surface area contributed by atoms with Gasteiger partial charge in [-0.05, 0) is 25.5 Å². The summed E-state index contributed by atoms with van der Waals surface area (Å²) in [4.78, 5) is 49.1. The maximum atomic E-state index is 13.4. The van der Waals surface area contributed by atoms with E-state index in [0.717, 1.165) is 17.0 Å². The molecule has 1 aromatic rings. The molecule has 22 heavy (non-hydrogen) atoms. The van der Waals surface area contributed by atoms with Crippen molar-refractivity contribution >= 4 is 29.3 Å². The summed E-state index contributed by atoms with van der Waals surface area (Å²) in [6.07, 6.45) is 0.00497. The van der Waals surface area contributed by atoms with Crippen LogP contribution in [0.3, 0.4) is 0 Å². The highest BCUT2D eigenvalue weighted by Crippen LogP contribution is 2.36. The zero-order valence-corrected chi connectivity index (χ0v) is 11.6. The number of fused-ring (bicyclic) bond motifs is 1. The van der Waals surface area contributed by atoms with Gasteiger partial charge in [-0.25, -0.2) is 4.39 Å². The second-order valence-electron chi connectivity index (χ2n) is 5.51. The first kappa shape index (κ1) is 14.2. The van der Waals surface area contributed by atoms with Crippen LogP contribution < -0.4 is 11.1 Å². The number of hydrogen-bond acceptors (Lipinski definition) is 5. The molecule has 8 heteroatoms. The Bertz CT molecular complexity index is 761. The van der Waals surface area contributed by atoms with Crippen molar-refractivity contribution in [3.8, 4) is 0 Å². The van der Waals surface area contributed by atoms with Gasteiger partial charge in [-0.15, -0.1) is 0 Å². The highest BCUT2D eigenvalue weighted by atomic mass is 19.1. The van der Waals surface area contributed by atoms with E-state index in [4.69, 9.17) is 5.73 Å². The van der Waals surface area contributed by atoms with Crippen LogP contribution in [0, 0.1) is 5.82 Å². The minimum absolute atomic E-state index is 0.000507. The molecule has 2 aliphatic heterocycles. The first-order valence-electron chi connectivity index (χ1n) is 6.58. The molecule has 0 bridgehead atoms. The normalized spacial score (nSPS) is 24.5. The number of nitrogens with zero attached hydrogens (tertiary/aromatic N) is 1. The van der Waals surface area contributed by atoms with Crippen molar-refractivity contribution in [1.29, 1.82) is 0 Å². The van der Waals surface area contributed by atoms with Crippen molar-refractivity contribution in [3.63, 3.8) is 0 Å². The van der Waals surface area contributed by atoms with E-state index in [9.17, 15) is 23.6 Å². The fraction of sp³-hybridized carbons (Fsp3) is 0.286. The topological polar surface area (TPSA) is 110 Å². The van der Waals surface area contributed by atoms with Crippen LogP contribution in [0.5, 0.6) is 0 Å². The van der Waals surface area contributed by atoms with Crippen molar-refractivity contribution in [2.45, 2.75) is 25.3 Å². The van der Waals surface area contributed by atoms with E-state index in [-0.39, 0.29) is 29.7 Å². The van der Waals surface area contributed by atoms with Crippen molar-refractivity contribution < 1.29 is 23.6 Å². The lowest BCUT2D eigenvalue weighted by Crippen LogP contribution is -2.62. The Hall–Kier alpha value is -2.77. The minimum atomic E-state index is -1.51. The van der Waals surface area contributed by atoms with Crippen molar-refractivity contribution in [2.24, 2.45) is 0 Å². The van der Waals surface area contributed by atoms with Crippen LogP contribution in [0.1, 0.15) is 40.5 Å². The average molecular weight is 305 g/mol. The van der Waals surface area contributed by atoms with Gasteiger partial charge >= 0.3 is 0 Å². The number of hydrogen-bond donors (Lipinski definition) is 2. The number of carbonyl (C=O) groups is 4. The molecule has 114 valence electrons. The number of benzene rings is 1. The number of halogens is 1. The molecule has 0 saturated carbocycles. The number of nitrogens with two attached hydrogens (primary N) is 1. The number of amides is 4. The Morgan fingerprint density at radius 1 is 1.23 bits per heavy atom. The Morgan fingerprint density at radius 2 is 1.91 bits per heavy atom. The van der Waals surface area contributed by atoms with Crippen LogP contribution >= 0.6 is 0 Å². The maximum absolute atomic E-state index is 13.4. The molecule has 3 rings (SSSR count). The summed E-state index contributed by atoms with van der Waals surface area (Å²) >= 11 is 0. The number of nitrogen functional groups attached to an aromatic ring is 1. The van der Waals surface area contributed by atoms with Gasteiger partial charge in [0.15, 0.2) is 0 Å². The first-order chi connectivity index (χ1) is 10.3. The standard InChI is InChI=1S/C14H12FN3O4/c1-14(3-2-9(19)17-13(14)22)18-11(20)7-4-6(15)5-8(16)10(7)12(18)21/h4-5H,2-3,16H2,1H3,(H,17,19,22). The van der Waals surface area contributed by atoms with E-state index < -0.39 is 35.0 Å². The summed E-state index contributed by atoms with van der Waals surface area (Å²) in [6, 6.07) is 1.86. The molecule has 0 spiro atoms. The monoisotopic (exact) mass is 305 g/mol. The van der Waals surface area contributed by atoms with Gasteiger partial charge in [-0.2, -0.15) is 0 Å². The van der Waals surface area contributed by atoms with Crippen molar-refractivity contribution in [3.05, 3.63) is 29.1 Å². The van der Waals surface area contributed by atoms with Gasteiger partial charge in [0.05, 0.1) is 11.1 Å². The molecular formula is C14H12FN3O4. The first-order valence-corrected chi connectivity index (χ1v) is 6.58. The SMILES string of the molecule is CC1(N2C(=O)c3cc(F)cc(N)c3C2=O)CCC(=O)NC1=O. The molecule has 1 atom stereocenters. The predicted molar refractivity (Wildman–Crippen MR) is 72.1 cm³/mol. The summed E-state index contributed by atoms with van der Waals surface area (Å²) in [6.45, 7) is 1.39. The van der Waals surface area contributed by atoms with Gasteiger partial charge in [0.25, 0.3) is 17.7 Å². The smallest absolute Gasteiger partial charge is 0.264 e. The van der Waals surface area contributed by atoms with E-state index in [0.29, 0.717) is 0 Å². The molecule has 7 nitrogen and oxygen atoms in total. The van der Waals surface area contributed by atoms with Crippen LogP contribution in [0.15, 0.2) is 12.1 Å². The Kier molecular flexibility index (Phi) is 2.81. The fourth-order valence-electron chi connectivity index (χ4n) is 2.82. The van der Waals surface area contributed by atoms with Gasteiger partial charge in [-0.1, -0.05) is 0 Å². The third-order valence-corrected chi connectivity index (χ3v) is 4.06. The lowest BCUT2D eigenvalue weighted by atomic mass is 9.89. The molecular weight excluding hydrogens is 293 g/mol. The van der Waals surface area contributed by atoms with Gasteiger partial charge < -0.3 is 5.73 Å². The molecule has 0 radical (unpaired) electrons. The second-order valence-corrected chi connectivity index (χ2v) is 5.51. The number of anilines is 1. The maximum Gasteiger partial charge on any atom is 0.264 e. The third-order valence-electron chi connectivity index (χ3n) is 4.06. The summed E-state index contributed by atoms with van der Waals surface area (Å²) < 4.78 is 13.4. The van der Waals surface area contributed by atoms with Gasteiger partial charge in [0.2, 0.25) is 5.91 Å². The van der Waals surface area contributed by atoms with Crippen LogP contribution in [0.2, 0.25) is 0 Å². The number of nitrogens with one attached hydrogen (secondary N) is 1. The highest BCUT2D eigenvalue weighted by molar-refractivity contribution is 6.26. The minimum Gasteiger partial charge on any atom is -0.398 e. The molecule has 3 N–H and O–H groups in total. The molecule has 1 saturated heterocycles. The number of carbonyl (C=O) groups excluding carboxylic acids is 4. The number of rotatable bonds is 1. The van der Waals surface area contributed by atoms with Crippen LogP contribution in [-0.4, -0.2) is 34.1 Å². The summed E-state index contributed by atoms with van der Waals surface area (Å²) in [7, 11) is 0. The zero-order valence-electron chi connectivity index (χ0n) is 11.6. The molecule has 0 aromatic heterocycles. The van der Waals surface area contributed by atoms with Crippen LogP contribution in [0.25, 0.3) is 0 Å². The quantitative estimate of drug-likeness (QED) is 0.569. The zero-order chi connectivity index (χ0) is 16.2. The van der Waals surface area contributed by atoms with Crippen LogP contribution in [0.4, 0.5) is 10.1 Å². The average Bonchev–Trinajstić information content (AvgIpc) is 2.67. The van der Waals surface area contributed by atoms with E-state index in [2.05, 4.69) is 5.32 Å². The molecule has 4 amide bonds. The largest absolute Gasteiger partial charge is 0.398 e. The lowest BCUT2D eigenvalue weighted by molar-refractivity contribution is -0.140. The van der Waals surface area contributed by atoms with E-state index in [1.165, 1.54) is 6.92 Å². The summed E-state index contributed by atoms with van der Waals surface area (Å²) in [5.41, 5.74) is 3.67. The number of imide groups is 2. The van der Waals surface area contributed by atoms with Gasteiger partial charge in [0.1, 0.15) is 11.4 Å². The van der Waals surface area contributed by atoms with Gasteiger partial charge in [0, 0.05) is 12.1 Å². The third kappa shape index (κ3) is 1.73. The number of piperidine rings is 1. The lowest BCUT2D eigenvalue weighted by Gasteiger charge is -2.38. The highest BCUT2D eigenvalue weighted by Gasteiger charge is 2.53. The Labute approximate surface area is 124 Å². The predicted octanol–water partition coefficient (Wildman–Crippen LogP) is 0.199. The van der Waals surface area contributed by atoms with Crippen molar-refractivity contribution in [1.82, 2.24) is 10.2 Å². The second kappa shape index (κ2) is 4.36. The molecule has 1 fully saturated rings. The van der Waals surface area contributed by atoms with Gasteiger partial charge in [-0.3, -0.25) is 29.4 Å². The molecule has 0 aliphatic carbocycles.